The molecule has 0 fully saturated rings. The van der Waals surface area contributed by atoms with E-state index in [1.807, 2.05) is 96.1 Å². The van der Waals surface area contributed by atoms with Crippen LogP contribution in [0, 0.1) is 24.7 Å². The lowest BCUT2D eigenvalue weighted by Crippen LogP contribution is -2.29. The van der Waals surface area contributed by atoms with E-state index in [0.29, 0.717) is 43.1 Å². The molecule has 0 aliphatic heterocycles. The Morgan fingerprint density at radius 1 is 0.735 bits per heavy atom. The van der Waals surface area contributed by atoms with Gasteiger partial charge in [0.1, 0.15) is 11.5 Å². The number of benzene rings is 4. The van der Waals surface area contributed by atoms with Crippen molar-refractivity contribution >= 4 is 18.0 Å². The summed E-state index contributed by atoms with van der Waals surface area (Å²) in [4.78, 5) is 25.7. The standard InChI is InChI=1S/C42H48O7/c1-30-14-15-31(2)37(26-30)46-25-11-24-42(5,6)40(44)49-36-22-16-32(27-38(36)45-7)17-23-39(43)48-29-41(3,4)28-47-35-20-18-34(19-21-35)33-12-9-8-10-13-33/h8-10,12-23,26-27H,11,24-25,28-29H2,1-7H3. The molecule has 0 saturated carbocycles. The highest BCUT2D eigenvalue weighted by Crippen LogP contribution is 2.33. The molecule has 0 heterocycles. The maximum atomic E-state index is 13.1. The van der Waals surface area contributed by atoms with E-state index in [4.69, 9.17) is 23.7 Å². The van der Waals surface area contributed by atoms with Gasteiger partial charge in [-0.3, -0.25) is 4.79 Å². The first-order valence-corrected chi connectivity index (χ1v) is 16.6. The number of hydrogen-bond donors (Lipinski definition) is 0. The Hall–Kier alpha value is -5.04. The fourth-order valence-corrected chi connectivity index (χ4v) is 4.94. The lowest BCUT2D eigenvalue weighted by Gasteiger charge is -2.24. The Morgan fingerprint density at radius 2 is 1.45 bits per heavy atom. The van der Waals surface area contributed by atoms with Gasteiger partial charge in [-0.1, -0.05) is 74.5 Å². The quantitative estimate of drug-likeness (QED) is 0.0511. The third-order valence-electron chi connectivity index (χ3n) is 8.10. The van der Waals surface area contributed by atoms with Gasteiger partial charge in [-0.2, -0.15) is 0 Å². The molecule has 0 unspecified atom stereocenters. The number of ether oxygens (including phenoxy) is 5. The fourth-order valence-electron chi connectivity index (χ4n) is 4.94. The maximum Gasteiger partial charge on any atom is 0.330 e. The van der Waals surface area contributed by atoms with Crippen LogP contribution in [0.15, 0.2) is 97.1 Å². The van der Waals surface area contributed by atoms with Gasteiger partial charge in [0, 0.05) is 11.5 Å². The molecule has 0 atom stereocenters. The topological polar surface area (TPSA) is 80.3 Å². The van der Waals surface area contributed by atoms with E-state index >= 15 is 0 Å². The number of methoxy groups -OCH3 is 1. The van der Waals surface area contributed by atoms with Crippen molar-refractivity contribution < 1.29 is 33.3 Å². The summed E-state index contributed by atoms with van der Waals surface area (Å²) in [5, 5.41) is 0. The molecular formula is C42H48O7. The molecule has 0 spiro atoms. The second-order valence-corrected chi connectivity index (χ2v) is 13.7. The van der Waals surface area contributed by atoms with Crippen LogP contribution in [0.2, 0.25) is 0 Å². The predicted octanol–water partition coefficient (Wildman–Crippen LogP) is 9.43. The molecule has 0 amide bonds. The van der Waals surface area contributed by atoms with Gasteiger partial charge in [-0.05, 0) is 105 Å². The number of esters is 2. The van der Waals surface area contributed by atoms with Crippen LogP contribution in [0.4, 0.5) is 0 Å². The normalized spacial score (nSPS) is 11.7. The predicted molar refractivity (Wildman–Crippen MR) is 194 cm³/mol. The van der Waals surface area contributed by atoms with Crippen molar-refractivity contribution in [3.8, 4) is 34.1 Å². The van der Waals surface area contributed by atoms with E-state index in [2.05, 4.69) is 18.2 Å². The average Bonchev–Trinajstić information content (AvgIpc) is 3.10. The van der Waals surface area contributed by atoms with E-state index < -0.39 is 16.8 Å². The first kappa shape index (κ1) is 36.8. The highest BCUT2D eigenvalue weighted by Gasteiger charge is 2.30. The summed E-state index contributed by atoms with van der Waals surface area (Å²) in [5.41, 5.74) is 4.04. The van der Waals surface area contributed by atoms with Gasteiger partial charge in [0.15, 0.2) is 11.5 Å². The minimum absolute atomic E-state index is 0.184. The minimum Gasteiger partial charge on any atom is -0.493 e. The van der Waals surface area contributed by atoms with E-state index in [9.17, 15) is 9.59 Å². The highest BCUT2D eigenvalue weighted by atomic mass is 16.6. The lowest BCUT2D eigenvalue weighted by molar-refractivity contribution is -0.144. The van der Waals surface area contributed by atoms with E-state index in [1.54, 1.807) is 24.3 Å². The first-order chi connectivity index (χ1) is 23.3. The van der Waals surface area contributed by atoms with Crippen molar-refractivity contribution in [2.75, 3.05) is 26.9 Å². The lowest BCUT2D eigenvalue weighted by atomic mass is 9.88. The summed E-state index contributed by atoms with van der Waals surface area (Å²) >= 11 is 0. The van der Waals surface area contributed by atoms with Gasteiger partial charge in [-0.25, -0.2) is 4.79 Å². The van der Waals surface area contributed by atoms with Crippen molar-refractivity contribution in [1.29, 1.82) is 0 Å². The van der Waals surface area contributed by atoms with Crippen molar-refractivity contribution in [3.63, 3.8) is 0 Å². The van der Waals surface area contributed by atoms with Crippen LogP contribution >= 0.6 is 0 Å². The van der Waals surface area contributed by atoms with Gasteiger partial charge < -0.3 is 23.7 Å². The average molecular weight is 665 g/mol. The van der Waals surface area contributed by atoms with Gasteiger partial charge in [-0.15, -0.1) is 0 Å². The molecule has 0 N–H and O–H groups in total. The molecular weight excluding hydrogens is 616 g/mol. The monoisotopic (exact) mass is 664 g/mol. The van der Waals surface area contributed by atoms with Crippen LogP contribution in [0.1, 0.15) is 57.2 Å². The molecule has 0 aliphatic carbocycles. The zero-order valence-corrected chi connectivity index (χ0v) is 29.7. The molecule has 0 bridgehead atoms. The Kier molecular flexibility index (Phi) is 12.7. The van der Waals surface area contributed by atoms with E-state index in [1.165, 1.54) is 13.2 Å². The van der Waals surface area contributed by atoms with Crippen LogP contribution in [-0.2, 0) is 14.3 Å². The summed E-state index contributed by atoms with van der Waals surface area (Å²) in [6, 6.07) is 29.3. The van der Waals surface area contributed by atoms with Crippen LogP contribution < -0.4 is 18.9 Å². The smallest absolute Gasteiger partial charge is 0.330 e. The highest BCUT2D eigenvalue weighted by molar-refractivity contribution is 5.87. The number of rotatable bonds is 16. The van der Waals surface area contributed by atoms with Crippen molar-refractivity contribution in [1.82, 2.24) is 0 Å². The molecule has 4 aromatic carbocycles. The Morgan fingerprint density at radius 3 is 2.16 bits per heavy atom. The molecule has 0 aromatic heterocycles. The molecule has 7 heteroatoms. The third-order valence-corrected chi connectivity index (χ3v) is 8.10. The Balaban J connectivity index is 1.23. The molecule has 7 nitrogen and oxygen atoms in total. The number of hydrogen-bond acceptors (Lipinski definition) is 7. The Bertz CT molecular complexity index is 1720. The van der Waals surface area contributed by atoms with Gasteiger partial charge >= 0.3 is 11.9 Å². The van der Waals surface area contributed by atoms with Crippen molar-refractivity contribution in [3.05, 3.63) is 114 Å². The van der Waals surface area contributed by atoms with Crippen molar-refractivity contribution in [2.45, 2.75) is 54.4 Å². The third kappa shape index (κ3) is 11.3. The van der Waals surface area contributed by atoms with Gasteiger partial charge in [0.25, 0.3) is 0 Å². The maximum absolute atomic E-state index is 13.1. The summed E-state index contributed by atoms with van der Waals surface area (Å²) in [6.45, 7) is 12.8. The summed E-state index contributed by atoms with van der Waals surface area (Å²) < 4.78 is 28.7. The fraction of sp³-hybridized carbons (Fsp3) is 0.333. The molecule has 258 valence electrons. The van der Waals surface area contributed by atoms with Crippen LogP contribution in [-0.4, -0.2) is 38.9 Å². The van der Waals surface area contributed by atoms with Crippen LogP contribution in [0.3, 0.4) is 0 Å². The Labute approximate surface area is 290 Å². The SMILES string of the molecule is COc1cc(C=CC(=O)OCC(C)(C)COc2ccc(-c3ccccc3)cc2)ccc1OC(=O)C(C)(C)CCCOc1cc(C)ccc1C. The first-order valence-electron chi connectivity index (χ1n) is 16.6. The minimum atomic E-state index is -0.732. The van der Waals surface area contributed by atoms with Crippen molar-refractivity contribution in [2.24, 2.45) is 10.8 Å². The number of aryl methyl sites for hydroxylation is 2. The largest absolute Gasteiger partial charge is 0.493 e. The summed E-state index contributed by atoms with van der Waals surface area (Å²) in [5.74, 6) is 1.47. The molecule has 0 saturated heterocycles. The van der Waals surface area contributed by atoms with Gasteiger partial charge in [0.2, 0.25) is 0 Å². The molecule has 4 aromatic rings. The van der Waals surface area contributed by atoms with Gasteiger partial charge in [0.05, 0.1) is 32.3 Å². The van der Waals surface area contributed by atoms with Crippen LogP contribution in [0.5, 0.6) is 23.0 Å². The molecule has 4 rings (SSSR count). The number of carbonyl (C=O) groups is 2. The van der Waals surface area contributed by atoms with E-state index in [0.717, 1.165) is 33.8 Å². The summed E-state index contributed by atoms with van der Waals surface area (Å²) in [7, 11) is 1.51. The van der Waals surface area contributed by atoms with E-state index in [-0.39, 0.29) is 12.6 Å². The second kappa shape index (κ2) is 16.9. The molecule has 49 heavy (non-hydrogen) atoms. The summed E-state index contributed by atoms with van der Waals surface area (Å²) in [6.07, 6.45) is 4.28. The second-order valence-electron chi connectivity index (χ2n) is 13.7. The molecule has 0 aliphatic rings. The zero-order chi connectivity index (χ0) is 35.4. The number of carbonyl (C=O) groups excluding carboxylic acids is 2. The molecule has 0 radical (unpaired) electrons. The zero-order valence-electron chi connectivity index (χ0n) is 29.7. The van der Waals surface area contributed by atoms with Crippen LogP contribution in [0.25, 0.3) is 17.2 Å².